The summed E-state index contributed by atoms with van der Waals surface area (Å²) < 4.78 is 5.38. The van der Waals surface area contributed by atoms with Gasteiger partial charge in [0.1, 0.15) is 5.75 Å². The lowest BCUT2D eigenvalue weighted by Gasteiger charge is -2.07. The molecule has 0 aliphatic heterocycles. The summed E-state index contributed by atoms with van der Waals surface area (Å²) in [6, 6.07) is 16.9. The Morgan fingerprint density at radius 2 is 1.91 bits per heavy atom. The standard InChI is InChI=1S/C18H16N2O2/c1-2-22-16-9-7-15(8-10-16)20-18(21)14-11-13-5-3-4-6-17(13)19-12-14/h3-12H,2H2,1H3,(H,20,21). The lowest BCUT2D eigenvalue weighted by atomic mass is 10.1. The quantitative estimate of drug-likeness (QED) is 0.793. The second-order valence-electron chi connectivity index (χ2n) is 4.83. The third-order valence-corrected chi connectivity index (χ3v) is 3.28. The minimum atomic E-state index is -0.178. The molecular weight excluding hydrogens is 276 g/mol. The van der Waals surface area contributed by atoms with Crippen molar-refractivity contribution in [3.8, 4) is 5.75 Å². The molecule has 0 saturated carbocycles. The molecule has 1 N–H and O–H groups in total. The van der Waals surface area contributed by atoms with Gasteiger partial charge in [0.05, 0.1) is 17.7 Å². The summed E-state index contributed by atoms with van der Waals surface area (Å²) in [4.78, 5) is 16.6. The van der Waals surface area contributed by atoms with Gasteiger partial charge in [0.15, 0.2) is 0 Å². The molecule has 0 bridgehead atoms. The second kappa shape index (κ2) is 6.26. The molecule has 1 heterocycles. The minimum Gasteiger partial charge on any atom is -0.494 e. The van der Waals surface area contributed by atoms with E-state index in [1.54, 1.807) is 6.20 Å². The van der Waals surface area contributed by atoms with Crippen molar-refractivity contribution in [3.05, 3.63) is 66.4 Å². The minimum absolute atomic E-state index is 0.178. The Kier molecular flexibility index (Phi) is 4.01. The first-order valence-electron chi connectivity index (χ1n) is 7.15. The van der Waals surface area contributed by atoms with E-state index in [0.29, 0.717) is 12.2 Å². The predicted molar refractivity (Wildman–Crippen MR) is 87.3 cm³/mol. The Balaban J connectivity index is 1.77. The fourth-order valence-electron chi connectivity index (χ4n) is 2.20. The first-order valence-corrected chi connectivity index (χ1v) is 7.15. The van der Waals surface area contributed by atoms with Crippen LogP contribution in [-0.4, -0.2) is 17.5 Å². The monoisotopic (exact) mass is 292 g/mol. The lowest BCUT2D eigenvalue weighted by Crippen LogP contribution is -2.12. The molecule has 4 heteroatoms. The Morgan fingerprint density at radius 1 is 1.14 bits per heavy atom. The molecule has 110 valence electrons. The number of anilines is 1. The molecule has 0 radical (unpaired) electrons. The Morgan fingerprint density at radius 3 is 2.68 bits per heavy atom. The summed E-state index contributed by atoms with van der Waals surface area (Å²) in [6.45, 7) is 2.55. The number of carbonyl (C=O) groups excluding carboxylic acids is 1. The molecule has 0 atom stereocenters. The highest BCUT2D eigenvalue weighted by Crippen LogP contribution is 2.17. The average molecular weight is 292 g/mol. The van der Waals surface area contributed by atoms with Crippen LogP contribution >= 0.6 is 0 Å². The number of ether oxygens (including phenoxy) is 1. The molecule has 22 heavy (non-hydrogen) atoms. The van der Waals surface area contributed by atoms with E-state index < -0.39 is 0 Å². The van der Waals surface area contributed by atoms with Crippen molar-refractivity contribution in [1.29, 1.82) is 0 Å². The van der Waals surface area contributed by atoms with Crippen LogP contribution in [0.3, 0.4) is 0 Å². The van der Waals surface area contributed by atoms with Crippen LogP contribution in [0.15, 0.2) is 60.8 Å². The first-order chi connectivity index (χ1) is 10.8. The Bertz CT molecular complexity index is 798. The number of nitrogens with one attached hydrogen (secondary N) is 1. The molecule has 0 unspecified atom stereocenters. The molecule has 0 aliphatic rings. The fraction of sp³-hybridized carbons (Fsp3) is 0.111. The van der Waals surface area contributed by atoms with Gasteiger partial charge in [-0.15, -0.1) is 0 Å². The van der Waals surface area contributed by atoms with Gasteiger partial charge in [0.25, 0.3) is 5.91 Å². The number of para-hydroxylation sites is 1. The Labute approximate surface area is 128 Å². The van der Waals surface area contributed by atoms with Crippen molar-refractivity contribution >= 4 is 22.5 Å². The van der Waals surface area contributed by atoms with Gasteiger partial charge < -0.3 is 10.1 Å². The van der Waals surface area contributed by atoms with E-state index in [-0.39, 0.29) is 5.91 Å². The van der Waals surface area contributed by atoms with E-state index in [0.717, 1.165) is 22.3 Å². The van der Waals surface area contributed by atoms with Crippen molar-refractivity contribution in [2.75, 3.05) is 11.9 Å². The third-order valence-electron chi connectivity index (χ3n) is 3.28. The van der Waals surface area contributed by atoms with E-state index in [1.807, 2.05) is 61.5 Å². The van der Waals surface area contributed by atoms with Gasteiger partial charge in [-0.2, -0.15) is 0 Å². The molecule has 0 aliphatic carbocycles. The number of benzene rings is 2. The lowest BCUT2D eigenvalue weighted by molar-refractivity contribution is 0.102. The molecule has 2 aromatic carbocycles. The summed E-state index contributed by atoms with van der Waals surface area (Å²) in [5.41, 5.74) is 2.13. The van der Waals surface area contributed by atoms with Crippen LogP contribution in [0.25, 0.3) is 10.9 Å². The van der Waals surface area contributed by atoms with Crippen molar-refractivity contribution in [2.45, 2.75) is 6.92 Å². The number of aromatic nitrogens is 1. The van der Waals surface area contributed by atoms with Gasteiger partial charge in [-0.1, -0.05) is 18.2 Å². The Hall–Kier alpha value is -2.88. The highest BCUT2D eigenvalue weighted by molar-refractivity contribution is 6.05. The smallest absolute Gasteiger partial charge is 0.257 e. The van der Waals surface area contributed by atoms with Crippen molar-refractivity contribution in [3.63, 3.8) is 0 Å². The molecular formula is C18H16N2O2. The SMILES string of the molecule is CCOc1ccc(NC(=O)c2cnc3ccccc3c2)cc1. The first kappa shape index (κ1) is 14.1. The number of nitrogens with zero attached hydrogens (tertiary/aromatic N) is 1. The predicted octanol–water partition coefficient (Wildman–Crippen LogP) is 3.89. The topological polar surface area (TPSA) is 51.2 Å². The molecule has 0 fully saturated rings. The van der Waals surface area contributed by atoms with Crippen LogP contribution in [0.2, 0.25) is 0 Å². The number of pyridine rings is 1. The number of amides is 1. The van der Waals surface area contributed by atoms with Crippen molar-refractivity contribution in [1.82, 2.24) is 4.98 Å². The zero-order chi connectivity index (χ0) is 15.4. The maximum atomic E-state index is 12.3. The molecule has 4 nitrogen and oxygen atoms in total. The van der Waals surface area contributed by atoms with Gasteiger partial charge in [-0.25, -0.2) is 0 Å². The molecule has 3 rings (SSSR count). The van der Waals surface area contributed by atoms with Crippen LogP contribution in [0.5, 0.6) is 5.75 Å². The normalized spacial score (nSPS) is 10.4. The van der Waals surface area contributed by atoms with Crippen LogP contribution < -0.4 is 10.1 Å². The van der Waals surface area contributed by atoms with Gasteiger partial charge in [0, 0.05) is 17.3 Å². The number of hydrogen-bond donors (Lipinski definition) is 1. The van der Waals surface area contributed by atoms with E-state index in [1.165, 1.54) is 0 Å². The van der Waals surface area contributed by atoms with Crippen LogP contribution in [0.4, 0.5) is 5.69 Å². The maximum Gasteiger partial charge on any atom is 0.257 e. The largest absolute Gasteiger partial charge is 0.494 e. The third kappa shape index (κ3) is 3.06. The number of fused-ring (bicyclic) bond motifs is 1. The summed E-state index contributed by atoms with van der Waals surface area (Å²) >= 11 is 0. The molecule has 1 aromatic heterocycles. The maximum absolute atomic E-state index is 12.3. The summed E-state index contributed by atoms with van der Waals surface area (Å²) in [5, 5.41) is 3.80. The van der Waals surface area contributed by atoms with E-state index in [9.17, 15) is 4.79 Å². The number of carbonyl (C=O) groups is 1. The van der Waals surface area contributed by atoms with Gasteiger partial charge in [-0.3, -0.25) is 9.78 Å². The van der Waals surface area contributed by atoms with Gasteiger partial charge >= 0.3 is 0 Å². The van der Waals surface area contributed by atoms with E-state index in [4.69, 9.17) is 4.74 Å². The second-order valence-corrected chi connectivity index (χ2v) is 4.83. The zero-order valence-corrected chi connectivity index (χ0v) is 12.2. The van der Waals surface area contributed by atoms with Gasteiger partial charge in [0.2, 0.25) is 0 Å². The highest BCUT2D eigenvalue weighted by Gasteiger charge is 2.07. The molecule has 1 amide bonds. The molecule has 3 aromatic rings. The zero-order valence-electron chi connectivity index (χ0n) is 12.2. The summed E-state index contributed by atoms with van der Waals surface area (Å²) in [7, 11) is 0. The highest BCUT2D eigenvalue weighted by atomic mass is 16.5. The fourth-order valence-corrected chi connectivity index (χ4v) is 2.20. The van der Waals surface area contributed by atoms with E-state index in [2.05, 4.69) is 10.3 Å². The van der Waals surface area contributed by atoms with Crippen molar-refractivity contribution in [2.24, 2.45) is 0 Å². The van der Waals surface area contributed by atoms with E-state index >= 15 is 0 Å². The van der Waals surface area contributed by atoms with Crippen LogP contribution in [0, 0.1) is 0 Å². The average Bonchev–Trinajstić information content (AvgIpc) is 2.56. The summed E-state index contributed by atoms with van der Waals surface area (Å²) in [5.74, 6) is 0.607. The van der Waals surface area contributed by atoms with Crippen molar-refractivity contribution < 1.29 is 9.53 Å². The molecule has 0 spiro atoms. The van der Waals surface area contributed by atoms with Gasteiger partial charge in [-0.05, 0) is 43.3 Å². The number of hydrogen-bond acceptors (Lipinski definition) is 3. The van der Waals surface area contributed by atoms with Crippen LogP contribution in [0.1, 0.15) is 17.3 Å². The van der Waals surface area contributed by atoms with Crippen LogP contribution in [-0.2, 0) is 0 Å². The number of rotatable bonds is 4. The summed E-state index contributed by atoms with van der Waals surface area (Å²) in [6.07, 6.45) is 1.59. The molecule has 0 saturated heterocycles.